The number of ether oxygens (including phenoxy) is 2. The molecule has 2 heterocycles. The van der Waals surface area contributed by atoms with E-state index in [9.17, 15) is 10.1 Å². The summed E-state index contributed by atoms with van der Waals surface area (Å²) in [5.41, 5.74) is 3.79. The number of hydrogen-bond donors (Lipinski definition) is 1. The molecule has 1 fully saturated rings. The minimum Gasteiger partial charge on any atom is -0.497 e. The van der Waals surface area contributed by atoms with Crippen molar-refractivity contribution in [2.45, 2.75) is 39.4 Å². The van der Waals surface area contributed by atoms with Crippen molar-refractivity contribution in [1.82, 2.24) is 14.8 Å². The first-order valence-electron chi connectivity index (χ1n) is 11.8. The molecule has 0 radical (unpaired) electrons. The van der Waals surface area contributed by atoms with Crippen molar-refractivity contribution in [2.24, 2.45) is 0 Å². The van der Waals surface area contributed by atoms with Crippen LogP contribution in [-0.2, 0) is 11.3 Å². The van der Waals surface area contributed by atoms with Gasteiger partial charge in [-0.05, 0) is 45.0 Å². The minimum absolute atomic E-state index is 0. The zero-order chi connectivity index (χ0) is 24.2. The molecule has 0 saturated carbocycles. The Balaban J connectivity index is 0.00000342. The van der Waals surface area contributed by atoms with E-state index in [1.165, 1.54) is 0 Å². The van der Waals surface area contributed by atoms with Crippen LogP contribution in [0.5, 0.6) is 5.75 Å². The van der Waals surface area contributed by atoms with Crippen LogP contribution < -0.4 is 10.1 Å². The lowest BCUT2D eigenvalue weighted by Crippen LogP contribution is -2.51. The van der Waals surface area contributed by atoms with E-state index in [0.717, 1.165) is 47.7 Å². The van der Waals surface area contributed by atoms with Crippen LogP contribution in [0.15, 0.2) is 42.5 Å². The first-order valence-corrected chi connectivity index (χ1v) is 11.8. The van der Waals surface area contributed by atoms with Gasteiger partial charge in [-0.3, -0.25) is 9.69 Å². The molecule has 2 atom stereocenters. The standard InChI is InChI=1S/C27H32N4O3.H2/c1-5-30-25-14-22(33-4)9-10-23(25)24(15-28)26(30)20-7-6-8-21(13-20)27(32)29-11-12-31-18(2)16-34-17-19(31)3;/h6-10,13-14,18-19H,5,11-12,16-17H2,1-4H3,(H,29,32);1H. The summed E-state index contributed by atoms with van der Waals surface area (Å²) in [6.45, 7) is 9.82. The summed E-state index contributed by atoms with van der Waals surface area (Å²) in [4.78, 5) is 15.3. The van der Waals surface area contributed by atoms with E-state index < -0.39 is 0 Å². The number of carbonyl (C=O) groups is 1. The van der Waals surface area contributed by atoms with E-state index in [4.69, 9.17) is 9.47 Å². The molecule has 7 heteroatoms. The largest absolute Gasteiger partial charge is 0.497 e. The maximum Gasteiger partial charge on any atom is 0.251 e. The van der Waals surface area contributed by atoms with Crippen LogP contribution >= 0.6 is 0 Å². The lowest BCUT2D eigenvalue weighted by molar-refractivity contribution is -0.0355. The lowest BCUT2D eigenvalue weighted by atomic mass is 10.0. The first-order chi connectivity index (χ1) is 16.5. The molecule has 1 aliphatic rings. The number of carbonyl (C=O) groups excluding carboxylic acids is 1. The van der Waals surface area contributed by atoms with Gasteiger partial charge in [0.25, 0.3) is 5.91 Å². The van der Waals surface area contributed by atoms with Gasteiger partial charge >= 0.3 is 0 Å². The number of benzene rings is 2. The van der Waals surface area contributed by atoms with Crippen molar-refractivity contribution >= 4 is 16.8 Å². The summed E-state index contributed by atoms with van der Waals surface area (Å²) < 4.78 is 13.1. The number of methoxy groups -OCH3 is 1. The van der Waals surface area contributed by atoms with Gasteiger partial charge in [0.15, 0.2) is 0 Å². The first kappa shape index (κ1) is 23.8. The number of rotatable bonds is 7. The molecule has 7 nitrogen and oxygen atoms in total. The predicted molar refractivity (Wildman–Crippen MR) is 135 cm³/mol. The molecule has 4 rings (SSSR count). The Hall–Kier alpha value is -3.34. The summed E-state index contributed by atoms with van der Waals surface area (Å²) in [7, 11) is 1.63. The molecule has 0 bridgehead atoms. The number of hydrogen-bond acceptors (Lipinski definition) is 5. The number of nitrogens with zero attached hydrogens (tertiary/aromatic N) is 3. The predicted octanol–water partition coefficient (Wildman–Crippen LogP) is 4.29. The van der Waals surface area contributed by atoms with Crippen molar-refractivity contribution in [3.05, 3.63) is 53.6 Å². The Bertz CT molecular complexity index is 1220. The molecule has 0 aliphatic carbocycles. The molecule has 1 saturated heterocycles. The number of morpholine rings is 1. The topological polar surface area (TPSA) is 79.5 Å². The van der Waals surface area contributed by atoms with Crippen LogP contribution in [0.2, 0.25) is 0 Å². The summed E-state index contributed by atoms with van der Waals surface area (Å²) in [6.07, 6.45) is 0. The van der Waals surface area contributed by atoms with Gasteiger partial charge in [0, 0.05) is 55.7 Å². The molecular weight excluding hydrogens is 428 g/mol. The normalized spacial score (nSPS) is 18.6. The molecule has 2 aromatic carbocycles. The molecule has 2 unspecified atom stereocenters. The van der Waals surface area contributed by atoms with E-state index in [1.54, 1.807) is 7.11 Å². The highest BCUT2D eigenvalue weighted by molar-refractivity contribution is 5.98. The van der Waals surface area contributed by atoms with Crippen molar-refractivity contribution < 1.29 is 15.7 Å². The molecule has 34 heavy (non-hydrogen) atoms. The highest BCUT2D eigenvalue weighted by Crippen LogP contribution is 2.35. The van der Waals surface area contributed by atoms with Gasteiger partial charge in [-0.1, -0.05) is 12.1 Å². The average molecular weight is 463 g/mol. The lowest BCUT2D eigenvalue weighted by Gasteiger charge is -2.38. The second kappa shape index (κ2) is 10.3. The third kappa shape index (κ3) is 4.52. The van der Waals surface area contributed by atoms with Gasteiger partial charge in [0.2, 0.25) is 0 Å². The SMILES string of the molecule is CCn1c(-c2cccc(C(=O)NCCN3C(C)COCC3C)c2)c(C#N)c2ccc(OC)cc21.[HH]. The fraction of sp³-hybridized carbons (Fsp3) is 0.407. The van der Waals surface area contributed by atoms with E-state index in [1.807, 2.05) is 49.4 Å². The van der Waals surface area contributed by atoms with E-state index in [2.05, 4.69) is 34.7 Å². The molecule has 1 N–H and O–H groups in total. The highest BCUT2D eigenvalue weighted by Gasteiger charge is 2.25. The zero-order valence-electron chi connectivity index (χ0n) is 20.3. The van der Waals surface area contributed by atoms with Gasteiger partial charge in [-0.2, -0.15) is 5.26 Å². The fourth-order valence-electron chi connectivity index (χ4n) is 4.88. The Kier molecular flexibility index (Phi) is 7.20. The molecule has 1 amide bonds. The number of nitriles is 1. The monoisotopic (exact) mass is 462 g/mol. The number of nitrogens with one attached hydrogen (secondary N) is 1. The van der Waals surface area contributed by atoms with Crippen LogP contribution in [0.3, 0.4) is 0 Å². The van der Waals surface area contributed by atoms with Crippen LogP contribution in [-0.4, -0.2) is 60.9 Å². The molecule has 1 aromatic heterocycles. The second-order valence-corrected chi connectivity index (χ2v) is 8.77. The molecule has 1 aliphatic heterocycles. The number of amides is 1. The van der Waals surface area contributed by atoms with Gasteiger partial charge in [-0.15, -0.1) is 0 Å². The average Bonchev–Trinajstić information content (AvgIpc) is 3.18. The van der Waals surface area contributed by atoms with Crippen LogP contribution in [0.1, 0.15) is 38.1 Å². The quantitative estimate of drug-likeness (QED) is 0.567. The highest BCUT2D eigenvalue weighted by atomic mass is 16.5. The summed E-state index contributed by atoms with van der Waals surface area (Å²) in [6, 6.07) is 16.3. The molecule has 0 spiro atoms. The Morgan fingerprint density at radius 2 is 2.00 bits per heavy atom. The number of aryl methyl sites for hydroxylation is 1. The summed E-state index contributed by atoms with van der Waals surface area (Å²) in [5, 5.41) is 13.9. The fourth-order valence-corrected chi connectivity index (χ4v) is 4.88. The van der Waals surface area contributed by atoms with Crippen molar-refractivity contribution in [3.8, 4) is 23.1 Å². The third-order valence-corrected chi connectivity index (χ3v) is 6.60. The third-order valence-electron chi connectivity index (χ3n) is 6.60. The Morgan fingerprint density at radius 3 is 2.68 bits per heavy atom. The molecule has 3 aromatic rings. The maximum absolute atomic E-state index is 13.0. The molecule has 180 valence electrons. The van der Waals surface area contributed by atoms with E-state index >= 15 is 0 Å². The maximum atomic E-state index is 13.0. The number of aromatic nitrogens is 1. The van der Waals surface area contributed by atoms with Gasteiger partial charge < -0.3 is 19.4 Å². The summed E-state index contributed by atoms with van der Waals surface area (Å²) in [5.74, 6) is 0.627. The van der Waals surface area contributed by atoms with Crippen molar-refractivity contribution in [2.75, 3.05) is 33.4 Å². The number of fused-ring (bicyclic) bond motifs is 1. The minimum atomic E-state index is -0.116. The van der Waals surface area contributed by atoms with Gasteiger partial charge in [0.1, 0.15) is 11.8 Å². The van der Waals surface area contributed by atoms with Gasteiger partial charge in [0.05, 0.1) is 37.1 Å². The summed E-state index contributed by atoms with van der Waals surface area (Å²) >= 11 is 0. The van der Waals surface area contributed by atoms with E-state index in [0.29, 0.717) is 36.3 Å². The van der Waals surface area contributed by atoms with Crippen LogP contribution in [0.4, 0.5) is 0 Å². The van der Waals surface area contributed by atoms with Crippen LogP contribution in [0, 0.1) is 11.3 Å². The van der Waals surface area contributed by atoms with Crippen molar-refractivity contribution in [1.29, 1.82) is 5.26 Å². The zero-order valence-corrected chi connectivity index (χ0v) is 20.3. The molecular formula is C27H34N4O3. The van der Waals surface area contributed by atoms with Crippen LogP contribution in [0.25, 0.3) is 22.2 Å². The van der Waals surface area contributed by atoms with E-state index in [-0.39, 0.29) is 7.33 Å². The van der Waals surface area contributed by atoms with Crippen molar-refractivity contribution in [3.63, 3.8) is 0 Å². The Morgan fingerprint density at radius 1 is 1.24 bits per heavy atom. The Labute approximate surface area is 202 Å². The smallest absolute Gasteiger partial charge is 0.251 e. The second-order valence-electron chi connectivity index (χ2n) is 8.77. The van der Waals surface area contributed by atoms with Gasteiger partial charge in [-0.25, -0.2) is 0 Å².